The van der Waals surface area contributed by atoms with E-state index in [4.69, 9.17) is 0 Å². The van der Waals surface area contributed by atoms with Crippen LogP contribution in [-0.4, -0.2) is 46.9 Å². The number of fused-ring (bicyclic) bond motifs is 1. The first kappa shape index (κ1) is 25.5. The number of nitrogens with zero attached hydrogens (tertiary/aromatic N) is 3. The summed E-state index contributed by atoms with van der Waals surface area (Å²) >= 11 is 0. The molecule has 0 bridgehead atoms. The summed E-state index contributed by atoms with van der Waals surface area (Å²) in [6.07, 6.45) is -4.94. The Labute approximate surface area is 201 Å². The minimum atomic E-state index is -4.74. The molecule has 1 amide bonds. The molecule has 0 aliphatic carbocycles. The van der Waals surface area contributed by atoms with Crippen molar-refractivity contribution in [2.75, 3.05) is 18.0 Å². The summed E-state index contributed by atoms with van der Waals surface area (Å²) in [6.45, 7) is 1.93. The van der Waals surface area contributed by atoms with Crippen LogP contribution in [-0.2, 0) is 0 Å². The van der Waals surface area contributed by atoms with E-state index in [-0.39, 0.29) is 41.9 Å². The van der Waals surface area contributed by atoms with E-state index in [9.17, 15) is 35.9 Å². The highest BCUT2D eigenvalue weighted by Gasteiger charge is 2.40. The van der Waals surface area contributed by atoms with Crippen molar-refractivity contribution in [1.82, 2.24) is 14.9 Å². The maximum absolute atomic E-state index is 14.7. The molecule has 12 heteroatoms. The summed E-state index contributed by atoms with van der Waals surface area (Å²) in [5.41, 5.74) is -1.99. The van der Waals surface area contributed by atoms with Crippen molar-refractivity contribution >= 4 is 22.8 Å². The van der Waals surface area contributed by atoms with Crippen LogP contribution in [0.5, 0.6) is 0 Å². The Morgan fingerprint density at radius 3 is 2.58 bits per heavy atom. The van der Waals surface area contributed by atoms with Crippen LogP contribution in [0.4, 0.5) is 32.2 Å². The summed E-state index contributed by atoms with van der Waals surface area (Å²) in [7, 11) is 0. The topological polar surface area (TPSA) is 67.2 Å². The quantitative estimate of drug-likeness (QED) is 0.488. The number of hydrogen-bond acceptors (Lipinski definition) is 4. The van der Waals surface area contributed by atoms with Gasteiger partial charge in [-0.2, -0.15) is 13.2 Å². The normalized spacial score (nSPS) is 17.0. The summed E-state index contributed by atoms with van der Waals surface area (Å²) in [4.78, 5) is 32.0. The maximum Gasteiger partial charge on any atom is 0.408 e. The molecule has 0 radical (unpaired) electrons. The number of nitrogens with one attached hydrogen (secondary N) is 1. The molecular formula is C24H22F6N4O2. The van der Waals surface area contributed by atoms with Gasteiger partial charge in [0.05, 0.1) is 17.6 Å². The van der Waals surface area contributed by atoms with Crippen LogP contribution in [0.2, 0.25) is 0 Å². The SMILES string of the molecule is CCCC(NC(=O)c1cn(-c2ccc(F)cc2F)c2nc(N3CC[C@H](F)C3)ccc2c1=O)C(F)(F)F. The van der Waals surface area contributed by atoms with Gasteiger partial charge in [0.2, 0.25) is 5.43 Å². The van der Waals surface area contributed by atoms with Crippen molar-refractivity contribution in [3.63, 3.8) is 0 Å². The first-order chi connectivity index (χ1) is 17.0. The average molecular weight is 512 g/mol. The van der Waals surface area contributed by atoms with E-state index in [1.54, 1.807) is 4.90 Å². The predicted molar refractivity (Wildman–Crippen MR) is 121 cm³/mol. The Morgan fingerprint density at radius 2 is 1.97 bits per heavy atom. The van der Waals surface area contributed by atoms with Crippen molar-refractivity contribution in [2.24, 2.45) is 0 Å². The fourth-order valence-corrected chi connectivity index (χ4v) is 4.16. The van der Waals surface area contributed by atoms with Crippen molar-refractivity contribution in [1.29, 1.82) is 0 Å². The first-order valence-electron chi connectivity index (χ1n) is 11.3. The van der Waals surface area contributed by atoms with Gasteiger partial charge in [0.1, 0.15) is 35.2 Å². The molecule has 36 heavy (non-hydrogen) atoms. The van der Waals surface area contributed by atoms with Gasteiger partial charge in [-0.25, -0.2) is 18.2 Å². The minimum absolute atomic E-state index is 0.0599. The van der Waals surface area contributed by atoms with E-state index < -0.39 is 53.3 Å². The van der Waals surface area contributed by atoms with E-state index in [1.165, 1.54) is 19.1 Å². The zero-order chi connectivity index (χ0) is 26.2. The molecule has 2 atom stereocenters. The highest BCUT2D eigenvalue weighted by Crippen LogP contribution is 2.26. The molecular weight excluding hydrogens is 490 g/mol. The number of rotatable bonds is 6. The van der Waals surface area contributed by atoms with E-state index in [0.29, 0.717) is 12.6 Å². The van der Waals surface area contributed by atoms with Crippen LogP contribution in [0.1, 0.15) is 36.5 Å². The van der Waals surface area contributed by atoms with Gasteiger partial charge in [-0.15, -0.1) is 0 Å². The van der Waals surface area contributed by atoms with Crippen LogP contribution in [0, 0.1) is 11.6 Å². The number of pyridine rings is 2. The lowest BCUT2D eigenvalue weighted by atomic mass is 10.1. The van der Waals surface area contributed by atoms with Gasteiger partial charge < -0.3 is 10.2 Å². The van der Waals surface area contributed by atoms with Gasteiger partial charge >= 0.3 is 6.18 Å². The second-order valence-corrected chi connectivity index (χ2v) is 8.57. The monoisotopic (exact) mass is 512 g/mol. The molecule has 1 aliphatic heterocycles. The fourth-order valence-electron chi connectivity index (χ4n) is 4.16. The summed E-state index contributed by atoms with van der Waals surface area (Å²) in [5.74, 6) is -2.94. The predicted octanol–water partition coefficient (Wildman–Crippen LogP) is 4.67. The molecule has 1 N–H and O–H groups in total. The number of benzene rings is 1. The highest BCUT2D eigenvalue weighted by atomic mass is 19.4. The van der Waals surface area contributed by atoms with Crippen LogP contribution in [0.15, 0.2) is 41.3 Å². The maximum atomic E-state index is 14.7. The summed E-state index contributed by atoms with van der Waals surface area (Å²) < 4.78 is 83.1. The number of carbonyl (C=O) groups excluding carboxylic acids is 1. The lowest BCUT2D eigenvalue weighted by Crippen LogP contribution is -2.46. The third-order valence-electron chi connectivity index (χ3n) is 5.98. The number of anilines is 1. The Balaban J connectivity index is 1.89. The lowest BCUT2D eigenvalue weighted by molar-refractivity contribution is -0.154. The Bertz CT molecular complexity index is 1360. The van der Waals surface area contributed by atoms with Crippen LogP contribution < -0.4 is 15.6 Å². The number of halogens is 6. The van der Waals surface area contributed by atoms with E-state index in [0.717, 1.165) is 22.9 Å². The molecule has 3 heterocycles. The lowest BCUT2D eigenvalue weighted by Gasteiger charge is -2.22. The average Bonchev–Trinajstić information content (AvgIpc) is 3.25. The zero-order valence-electron chi connectivity index (χ0n) is 19.1. The number of aromatic nitrogens is 2. The molecule has 2 aromatic heterocycles. The van der Waals surface area contributed by atoms with Gasteiger partial charge in [-0.05, 0) is 37.1 Å². The molecule has 1 aliphatic rings. The molecule has 3 aromatic rings. The smallest absolute Gasteiger partial charge is 0.354 e. The fraction of sp³-hybridized carbons (Fsp3) is 0.375. The number of alkyl halides is 4. The second-order valence-electron chi connectivity index (χ2n) is 8.57. The van der Waals surface area contributed by atoms with Crippen molar-refractivity contribution in [3.8, 4) is 5.69 Å². The molecule has 1 saturated heterocycles. The molecule has 0 saturated carbocycles. The molecule has 192 valence electrons. The van der Waals surface area contributed by atoms with Crippen LogP contribution in [0.3, 0.4) is 0 Å². The molecule has 0 spiro atoms. The minimum Gasteiger partial charge on any atom is -0.354 e. The third-order valence-corrected chi connectivity index (χ3v) is 5.98. The Kier molecular flexibility index (Phi) is 6.96. The van der Waals surface area contributed by atoms with E-state index in [1.807, 2.05) is 5.32 Å². The largest absolute Gasteiger partial charge is 0.408 e. The van der Waals surface area contributed by atoms with Crippen molar-refractivity contribution in [3.05, 3.63) is 63.9 Å². The standard InChI is InChI=1S/C24H22F6N4O2/c1-2-3-19(24(28,29)30)31-23(36)16-12-34(18-6-4-13(25)10-17(18)27)22-15(21(16)35)5-7-20(32-22)33-9-8-14(26)11-33/h4-7,10,12,14,19H,2-3,8-9,11H2,1H3,(H,31,36)/t14-,19?/m0/s1. The second kappa shape index (κ2) is 9.82. The highest BCUT2D eigenvalue weighted by molar-refractivity contribution is 5.97. The van der Waals surface area contributed by atoms with Gasteiger partial charge in [-0.3, -0.25) is 14.2 Å². The van der Waals surface area contributed by atoms with Crippen LogP contribution >= 0.6 is 0 Å². The molecule has 6 nitrogen and oxygen atoms in total. The summed E-state index contributed by atoms with van der Waals surface area (Å²) in [6, 6.07) is 3.11. The number of hydrogen-bond donors (Lipinski definition) is 1. The molecule has 1 unspecified atom stereocenters. The third kappa shape index (κ3) is 5.02. The van der Waals surface area contributed by atoms with Crippen molar-refractivity contribution in [2.45, 2.75) is 44.6 Å². The number of amides is 1. The zero-order valence-corrected chi connectivity index (χ0v) is 19.1. The molecule has 1 aromatic carbocycles. The molecule has 1 fully saturated rings. The molecule has 4 rings (SSSR count). The van der Waals surface area contributed by atoms with Gasteiger partial charge in [0.15, 0.2) is 5.65 Å². The van der Waals surface area contributed by atoms with Gasteiger partial charge in [0.25, 0.3) is 5.91 Å². The first-order valence-corrected chi connectivity index (χ1v) is 11.3. The van der Waals surface area contributed by atoms with Crippen molar-refractivity contribution < 1.29 is 31.1 Å². The number of carbonyl (C=O) groups is 1. The van der Waals surface area contributed by atoms with E-state index >= 15 is 0 Å². The Morgan fingerprint density at radius 1 is 1.22 bits per heavy atom. The Hall–Kier alpha value is -3.57. The van der Waals surface area contributed by atoms with Crippen LogP contribution in [0.25, 0.3) is 16.7 Å². The summed E-state index contributed by atoms with van der Waals surface area (Å²) in [5, 5.41) is 1.67. The van der Waals surface area contributed by atoms with Gasteiger partial charge in [0, 0.05) is 18.8 Å². The van der Waals surface area contributed by atoms with Gasteiger partial charge in [-0.1, -0.05) is 13.3 Å². The van der Waals surface area contributed by atoms with E-state index in [2.05, 4.69) is 4.98 Å².